The monoisotopic (exact) mass is 112 g/mol. The van der Waals surface area contributed by atoms with Gasteiger partial charge in [-0.15, -0.1) is 0 Å². The summed E-state index contributed by atoms with van der Waals surface area (Å²) >= 11 is 0. The van der Waals surface area contributed by atoms with E-state index in [0.29, 0.717) is 0 Å². The van der Waals surface area contributed by atoms with Crippen LogP contribution in [0.2, 0.25) is 0 Å². The molecular weight excluding hydrogens is 100 g/mol. The van der Waals surface area contributed by atoms with Crippen LogP contribution in [0.25, 0.3) is 0 Å². The summed E-state index contributed by atoms with van der Waals surface area (Å²) in [5, 5.41) is 8.19. The van der Waals surface area contributed by atoms with E-state index >= 15 is 0 Å². The first-order valence-corrected chi connectivity index (χ1v) is 2.96. The van der Waals surface area contributed by atoms with Gasteiger partial charge in [0.05, 0.1) is 12.1 Å². The van der Waals surface area contributed by atoms with E-state index < -0.39 is 0 Å². The highest BCUT2D eigenvalue weighted by Gasteiger charge is 1.95. The molecule has 2 nitrogen and oxygen atoms in total. The Morgan fingerprint density at radius 3 is 2.75 bits per heavy atom. The molecule has 1 atom stereocenters. The van der Waals surface area contributed by atoms with Crippen LogP contribution < -0.4 is 5.73 Å². The maximum absolute atomic E-state index is 8.19. The van der Waals surface area contributed by atoms with Gasteiger partial charge in [0.2, 0.25) is 0 Å². The zero-order chi connectivity index (χ0) is 6.41. The van der Waals surface area contributed by atoms with Gasteiger partial charge in [-0.3, -0.25) is 0 Å². The molecule has 0 amide bonds. The molecule has 0 radical (unpaired) electrons. The lowest BCUT2D eigenvalue weighted by Gasteiger charge is -1.96. The summed E-state index contributed by atoms with van der Waals surface area (Å²) in [5.74, 6) is 0. The predicted molar refractivity (Wildman–Crippen MR) is 33.1 cm³/mol. The van der Waals surface area contributed by atoms with Gasteiger partial charge in [0, 0.05) is 0 Å². The van der Waals surface area contributed by atoms with Crippen LogP contribution in [0.15, 0.2) is 0 Å². The number of nitrogens with two attached hydrogens (primary N) is 1. The second-order valence-corrected chi connectivity index (χ2v) is 1.88. The Morgan fingerprint density at radius 1 is 1.75 bits per heavy atom. The number of hydrogen-bond acceptors (Lipinski definition) is 2. The summed E-state index contributed by atoms with van der Waals surface area (Å²) in [5.41, 5.74) is 5.30. The van der Waals surface area contributed by atoms with E-state index in [2.05, 4.69) is 6.92 Å². The topological polar surface area (TPSA) is 49.8 Å². The summed E-state index contributed by atoms with van der Waals surface area (Å²) in [6.45, 7) is 2.09. The SMILES string of the molecule is CCCCC(N)C#N. The molecule has 8 heavy (non-hydrogen) atoms. The van der Waals surface area contributed by atoms with Crippen LogP contribution in [-0.4, -0.2) is 6.04 Å². The van der Waals surface area contributed by atoms with Crippen LogP contribution in [0.3, 0.4) is 0 Å². The molecule has 0 aliphatic rings. The van der Waals surface area contributed by atoms with Crippen LogP contribution in [0, 0.1) is 11.3 Å². The highest BCUT2D eigenvalue weighted by atomic mass is 14.6. The lowest BCUT2D eigenvalue weighted by molar-refractivity contribution is 0.662. The molecule has 0 saturated carbocycles. The van der Waals surface area contributed by atoms with E-state index in [0.717, 1.165) is 19.3 Å². The zero-order valence-corrected chi connectivity index (χ0v) is 5.22. The quantitative estimate of drug-likeness (QED) is 0.592. The van der Waals surface area contributed by atoms with Gasteiger partial charge in [-0.2, -0.15) is 5.26 Å². The Labute approximate surface area is 50.3 Å². The molecule has 0 bridgehead atoms. The molecule has 0 aromatic carbocycles. The second kappa shape index (κ2) is 4.61. The molecule has 0 fully saturated rings. The normalized spacial score (nSPS) is 12.6. The van der Waals surface area contributed by atoms with Gasteiger partial charge in [-0.25, -0.2) is 0 Å². The van der Waals surface area contributed by atoms with Crippen molar-refractivity contribution in [1.29, 1.82) is 5.26 Å². The van der Waals surface area contributed by atoms with Crippen molar-refractivity contribution in [3.63, 3.8) is 0 Å². The van der Waals surface area contributed by atoms with Gasteiger partial charge in [0.15, 0.2) is 0 Å². The average molecular weight is 112 g/mol. The minimum Gasteiger partial charge on any atom is -0.316 e. The van der Waals surface area contributed by atoms with Crippen LogP contribution in [0.4, 0.5) is 0 Å². The van der Waals surface area contributed by atoms with Crippen molar-refractivity contribution in [3.8, 4) is 6.07 Å². The van der Waals surface area contributed by atoms with Crippen LogP contribution in [-0.2, 0) is 0 Å². The largest absolute Gasteiger partial charge is 0.316 e. The fourth-order valence-corrected chi connectivity index (χ4v) is 0.489. The van der Waals surface area contributed by atoms with E-state index in [1.807, 2.05) is 6.07 Å². The Morgan fingerprint density at radius 2 is 2.38 bits per heavy atom. The maximum atomic E-state index is 8.19. The fourth-order valence-electron chi connectivity index (χ4n) is 0.489. The first-order valence-electron chi connectivity index (χ1n) is 2.96. The van der Waals surface area contributed by atoms with Gasteiger partial charge in [0.25, 0.3) is 0 Å². The number of rotatable bonds is 3. The predicted octanol–water partition coefficient (Wildman–Crippen LogP) is 1.03. The molecule has 0 aliphatic carbocycles. The Bertz CT molecular complexity index is 83.0. The molecule has 0 rings (SSSR count). The van der Waals surface area contributed by atoms with Gasteiger partial charge >= 0.3 is 0 Å². The van der Waals surface area contributed by atoms with Gasteiger partial charge in [-0.1, -0.05) is 19.8 Å². The van der Waals surface area contributed by atoms with Gasteiger partial charge < -0.3 is 5.73 Å². The summed E-state index contributed by atoms with van der Waals surface area (Å²) in [6.07, 6.45) is 3.02. The van der Waals surface area contributed by atoms with Crippen LogP contribution >= 0.6 is 0 Å². The Hall–Kier alpha value is -0.550. The summed E-state index contributed by atoms with van der Waals surface area (Å²) in [7, 11) is 0. The Kier molecular flexibility index (Phi) is 4.29. The summed E-state index contributed by atoms with van der Waals surface area (Å²) in [6, 6.07) is 1.74. The van der Waals surface area contributed by atoms with E-state index in [1.165, 1.54) is 0 Å². The maximum Gasteiger partial charge on any atom is 0.0928 e. The number of hydrogen-bond donors (Lipinski definition) is 1. The lowest BCUT2D eigenvalue weighted by Crippen LogP contribution is -2.16. The van der Waals surface area contributed by atoms with Crippen molar-refractivity contribution in [1.82, 2.24) is 0 Å². The molecule has 2 heteroatoms. The molecule has 0 aromatic rings. The summed E-state index contributed by atoms with van der Waals surface area (Å²) in [4.78, 5) is 0. The molecule has 46 valence electrons. The van der Waals surface area contributed by atoms with Crippen molar-refractivity contribution >= 4 is 0 Å². The van der Waals surface area contributed by atoms with Crippen LogP contribution in [0.5, 0.6) is 0 Å². The number of unbranched alkanes of at least 4 members (excludes halogenated alkanes) is 1. The highest BCUT2D eigenvalue weighted by Crippen LogP contribution is 1.95. The van der Waals surface area contributed by atoms with E-state index in [-0.39, 0.29) is 6.04 Å². The molecule has 0 aromatic heterocycles. The standard InChI is InChI=1S/C6H12N2/c1-2-3-4-6(8)5-7/h6H,2-4,8H2,1H3. The Balaban J connectivity index is 3.02. The molecule has 0 saturated heterocycles. The highest BCUT2D eigenvalue weighted by molar-refractivity contribution is 4.85. The van der Waals surface area contributed by atoms with Crippen molar-refractivity contribution in [2.45, 2.75) is 32.2 Å². The van der Waals surface area contributed by atoms with Crippen molar-refractivity contribution in [3.05, 3.63) is 0 Å². The third-order valence-electron chi connectivity index (χ3n) is 1.03. The fraction of sp³-hybridized carbons (Fsp3) is 0.833. The van der Waals surface area contributed by atoms with E-state index in [4.69, 9.17) is 11.0 Å². The number of nitriles is 1. The minimum atomic E-state index is -0.241. The molecule has 1 unspecified atom stereocenters. The molecule has 0 aliphatic heterocycles. The molecule has 2 N–H and O–H groups in total. The zero-order valence-electron chi connectivity index (χ0n) is 5.22. The molecule has 0 spiro atoms. The second-order valence-electron chi connectivity index (χ2n) is 1.88. The minimum absolute atomic E-state index is 0.241. The van der Waals surface area contributed by atoms with E-state index in [1.54, 1.807) is 0 Å². The van der Waals surface area contributed by atoms with Crippen LogP contribution in [0.1, 0.15) is 26.2 Å². The average Bonchev–Trinajstić information content (AvgIpc) is 1.83. The molecule has 0 heterocycles. The van der Waals surface area contributed by atoms with Crippen molar-refractivity contribution < 1.29 is 0 Å². The smallest absolute Gasteiger partial charge is 0.0928 e. The van der Waals surface area contributed by atoms with Gasteiger partial charge in [0.1, 0.15) is 0 Å². The lowest BCUT2D eigenvalue weighted by atomic mass is 10.1. The van der Waals surface area contributed by atoms with Gasteiger partial charge in [-0.05, 0) is 6.42 Å². The first-order chi connectivity index (χ1) is 3.81. The van der Waals surface area contributed by atoms with E-state index in [9.17, 15) is 0 Å². The van der Waals surface area contributed by atoms with Crippen molar-refractivity contribution in [2.24, 2.45) is 5.73 Å². The number of nitrogens with zero attached hydrogens (tertiary/aromatic N) is 1. The summed E-state index contributed by atoms with van der Waals surface area (Å²) < 4.78 is 0. The third-order valence-corrected chi connectivity index (χ3v) is 1.03. The molecular formula is C6H12N2. The third kappa shape index (κ3) is 3.63. The van der Waals surface area contributed by atoms with Crippen molar-refractivity contribution in [2.75, 3.05) is 0 Å². The first kappa shape index (κ1) is 7.45.